The lowest BCUT2D eigenvalue weighted by Gasteiger charge is -2.35. The average molecular weight is 326 g/mol. The molecule has 1 saturated heterocycles. The maximum absolute atomic E-state index is 12.2. The molecular formula is C15H18O4S2. The van der Waals surface area contributed by atoms with E-state index in [2.05, 4.69) is 0 Å². The third kappa shape index (κ3) is 4.43. The van der Waals surface area contributed by atoms with Crippen LogP contribution < -0.4 is 0 Å². The number of ether oxygens (including phenoxy) is 3. The molecule has 114 valence electrons. The van der Waals surface area contributed by atoms with E-state index < -0.39 is 0 Å². The predicted octanol–water partition coefficient (Wildman–Crippen LogP) is 3.05. The lowest BCUT2D eigenvalue weighted by molar-refractivity contribution is -0.123. The van der Waals surface area contributed by atoms with Crippen LogP contribution >= 0.6 is 24.0 Å². The standard InChI is InChI=1S/C15H18O4S2/c1-10-13(19-15(20)21-2)12(8-9-17-10)18-14(16)11-6-4-3-5-7-11/h3-7,10,12-13H,8-9H2,1-2H3/t10-,12-,13-/m0/s1. The fraction of sp³-hybridized carbons (Fsp3) is 0.467. The van der Waals surface area contributed by atoms with Crippen molar-refractivity contribution in [2.75, 3.05) is 12.9 Å². The van der Waals surface area contributed by atoms with Crippen molar-refractivity contribution >= 4 is 34.3 Å². The van der Waals surface area contributed by atoms with E-state index in [4.69, 9.17) is 26.4 Å². The van der Waals surface area contributed by atoms with Gasteiger partial charge >= 0.3 is 5.97 Å². The monoisotopic (exact) mass is 326 g/mol. The molecule has 0 amide bonds. The van der Waals surface area contributed by atoms with Crippen LogP contribution in [0.4, 0.5) is 0 Å². The number of rotatable bonds is 3. The third-order valence-electron chi connectivity index (χ3n) is 3.28. The van der Waals surface area contributed by atoms with E-state index in [0.717, 1.165) is 0 Å². The number of hydrogen-bond acceptors (Lipinski definition) is 6. The zero-order chi connectivity index (χ0) is 15.2. The van der Waals surface area contributed by atoms with Crippen LogP contribution in [0, 0.1) is 0 Å². The van der Waals surface area contributed by atoms with Crippen LogP contribution in [0.25, 0.3) is 0 Å². The molecule has 0 aromatic heterocycles. The Morgan fingerprint density at radius 2 is 2.05 bits per heavy atom. The molecule has 0 aliphatic carbocycles. The van der Waals surface area contributed by atoms with Gasteiger partial charge in [-0.15, -0.1) is 0 Å². The first kappa shape index (κ1) is 16.3. The van der Waals surface area contributed by atoms with E-state index in [-0.39, 0.29) is 24.3 Å². The second-order valence-electron chi connectivity index (χ2n) is 4.71. The summed E-state index contributed by atoms with van der Waals surface area (Å²) in [6.45, 7) is 2.44. The summed E-state index contributed by atoms with van der Waals surface area (Å²) in [5.74, 6) is -0.349. The molecule has 1 aromatic carbocycles. The van der Waals surface area contributed by atoms with Crippen molar-refractivity contribution in [2.24, 2.45) is 0 Å². The highest BCUT2D eigenvalue weighted by Gasteiger charge is 2.36. The van der Waals surface area contributed by atoms with E-state index >= 15 is 0 Å². The number of thioether (sulfide) groups is 1. The molecule has 0 radical (unpaired) electrons. The number of benzene rings is 1. The lowest BCUT2D eigenvalue weighted by Crippen LogP contribution is -2.47. The van der Waals surface area contributed by atoms with E-state index in [0.29, 0.717) is 23.0 Å². The molecule has 0 saturated carbocycles. The van der Waals surface area contributed by atoms with Gasteiger partial charge in [0.05, 0.1) is 18.3 Å². The highest BCUT2D eigenvalue weighted by Crippen LogP contribution is 2.23. The van der Waals surface area contributed by atoms with Gasteiger partial charge < -0.3 is 14.2 Å². The highest BCUT2D eigenvalue weighted by molar-refractivity contribution is 8.22. The summed E-state index contributed by atoms with van der Waals surface area (Å²) in [7, 11) is 0. The van der Waals surface area contributed by atoms with E-state index in [9.17, 15) is 4.79 Å². The summed E-state index contributed by atoms with van der Waals surface area (Å²) < 4.78 is 17.3. The van der Waals surface area contributed by atoms with Crippen LogP contribution in [0.1, 0.15) is 23.7 Å². The normalized spacial score (nSPS) is 25.1. The van der Waals surface area contributed by atoms with Crippen molar-refractivity contribution in [2.45, 2.75) is 31.7 Å². The Kier molecular flexibility index (Phi) is 6.02. The number of carbonyl (C=O) groups excluding carboxylic acids is 1. The SMILES string of the molecule is CSC(=S)O[C@H]1[C@H](C)OCC[C@@H]1OC(=O)c1ccccc1. The van der Waals surface area contributed by atoms with Crippen LogP contribution in [0.5, 0.6) is 0 Å². The van der Waals surface area contributed by atoms with Gasteiger partial charge in [0.25, 0.3) is 0 Å². The molecule has 4 nitrogen and oxygen atoms in total. The molecule has 0 N–H and O–H groups in total. The van der Waals surface area contributed by atoms with E-state index in [1.54, 1.807) is 24.3 Å². The molecule has 2 rings (SSSR count). The first-order valence-corrected chi connectivity index (χ1v) is 8.37. The molecule has 1 heterocycles. The molecule has 3 atom stereocenters. The van der Waals surface area contributed by atoms with E-state index in [1.165, 1.54) is 11.8 Å². The molecule has 1 aromatic rings. The first-order chi connectivity index (χ1) is 10.1. The Morgan fingerprint density at radius 3 is 2.71 bits per heavy atom. The van der Waals surface area contributed by atoms with Crippen molar-refractivity contribution in [3.63, 3.8) is 0 Å². The van der Waals surface area contributed by atoms with Crippen molar-refractivity contribution in [3.05, 3.63) is 35.9 Å². The lowest BCUT2D eigenvalue weighted by atomic mass is 10.0. The smallest absolute Gasteiger partial charge is 0.338 e. The summed E-state index contributed by atoms with van der Waals surface area (Å²) >= 11 is 6.44. The van der Waals surface area contributed by atoms with Crippen LogP contribution in [0.15, 0.2) is 30.3 Å². The molecule has 1 aliphatic rings. The largest absolute Gasteiger partial charge is 0.469 e. The fourth-order valence-electron chi connectivity index (χ4n) is 2.17. The first-order valence-electron chi connectivity index (χ1n) is 6.74. The van der Waals surface area contributed by atoms with Crippen LogP contribution in [0.2, 0.25) is 0 Å². The zero-order valence-corrected chi connectivity index (χ0v) is 13.6. The van der Waals surface area contributed by atoms with Gasteiger partial charge in [-0.1, -0.05) is 30.0 Å². The molecule has 0 spiro atoms. The van der Waals surface area contributed by atoms with Gasteiger partial charge in [0.2, 0.25) is 4.38 Å². The second kappa shape index (κ2) is 7.77. The van der Waals surface area contributed by atoms with Crippen LogP contribution in [0.3, 0.4) is 0 Å². The van der Waals surface area contributed by atoms with Gasteiger partial charge in [0.15, 0.2) is 6.10 Å². The van der Waals surface area contributed by atoms with Crippen LogP contribution in [-0.4, -0.2) is 41.5 Å². The van der Waals surface area contributed by atoms with Gasteiger partial charge in [0.1, 0.15) is 6.10 Å². The maximum Gasteiger partial charge on any atom is 0.338 e. The molecule has 1 fully saturated rings. The summed E-state index contributed by atoms with van der Waals surface area (Å²) in [5, 5.41) is 0. The topological polar surface area (TPSA) is 44.8 Å². The Morgan fingerprint density at radius 1 is 1.33 bits per heavy atom. The number of carbonyl (C=O) groups is 1. The summed E-state index contributed by atoms with van der Waals surface area (Å²) in [6.07, 6.45) is 1.56. The second-order valence-corrected chi connectivity index (χ2v) is 6.12. The molecular weight excluding hydrogens is 308 g/mol. The molecule has 21 heavy (non-hydrogen) atoms. The minimum Gasteiger partial charge on any atom is -0.469 e. The minimum absolute atomic E-state index is 0.169. The highest BCUT2D eigenvalue weighted by atomic mass is 32.2. The van der Waals surface area contributed by atoms with Gasteiger partial charge in [-0.05, 0) is 37.5 Å². The Hall–Kier alpha value is -1.11. The van der Waals surface area contributed by atoms with E-state index in [1.807, 2.05) is 19.2 Å². The molecule has 0 unspecified atom stereocenters. The van der Waals surface area contributed by atoms with Crippen molar-refractivity contribution in [1.29, 1.82) is 0 Å². The third-order valence-corrected chi connectivity index (χ3v) is 4.30. The van der Waals surface area contributed by atoms with Crippen molar-refractivity contribution in [1.82, 2.24) is 0 Å². The van der Waals surface area contributed by atoms with Gasteiger partial charge in [-0.25, -0.2) is 4.79 Å². The van der Waals surface area contributed by atoms with Gasteiger partial charge in [-0.3, -0.25) is 0 Å². The Bertz CT molecular complexity index is 492. The van der Waals surface area contributed by atoms with Gasteiger partial charge in [0, 0.05) is 6.42 Å². The minimum atomic E-state index is -0.369. The number of thiocarbonyl (C=S) groups is 1. The predicted molar refractivity (Wildman–Crippen MR) is 86.7 cm³/mol. The quantitative estimate of drug-likeness (QED) is 0.628. The summed E-state index contributed by atoms with van der Waals surface area (Å²) in [6, 6.07) is 8.93. The number of hydrogen-bond donors (Lipinski definition) is 0. The average Bonchev–Trinajstić information content (AvgIpc) is 2.51. The summed E-state index contributed by atoms with van der Waals surface area (Å²) in [5.41, 5.74) is 0.530. The van der Waals surface area contributed by atoms with Gasteiger partial charge in [-0.2, -0.15) is 0 Å². The Balaban J connectivity index is 2.04. The fourth-order valence-corrected chi connectivity index (χ4v) is 2.49. The molecule has 0 bridgehead atoms. The maximum atomic E-state index is 12.2. The van der Waals surface area contributed by atoms with Crippen molar-refractivity contribution < 1.29 is 19.0 Å². The molecule has 1 aliphatic heterocycles. The zero-order valence-electron chi connectivity index (χ0n) is 12.0. The number of esters is 1. The molecule has 6 heteroatoms. The van der Waals surface area contributed by atoms with Crippen molar-refractivity contribution in [3.8, 4) is 0 Å². The summed E-state index contributed by atoms with van der Waals surface area (Å²) in [4.78, 5) is 12.2. The Labute approximate surface area is 134 Å². The van der Waals surface area contributed by atoms with Crippen LogP contribution in [-0.2, 0) is 14.2 Å².